The number of hydrogen-bond acceptors (Lipinski definition) is 4. The van der Waals surface area contributed by atoms with E-state index in [0.29, 0.717) is 42.0 Å². The van der Waals surface area contributed by atoms with Crippen LogP contribution >= 0.6 is 0 Å². The van der Waals surface area contributed by atoms with E-state index in [1.165, 1.54) is 6.08 Å². The number of nitrogens with two attached hydrogens (primary N) is 1. The molecule has 0 aliphatic carbocycles. The first-order valence-electron chi connectivity index (χ1n) is 10.3. The zero-order valence-corrected chi connectivity index (χ0v) is 18.0. The molecule has 0 unspecified atom stereocenters. The number of phenolic OH excluding ortho intramolecular Hbond substituents is 1. The van der Waals surface area contributed by atoms with Crippen LogP contribution in [0.25, 0.3) is 6.08 Å². The maximum Gasteiger partial charge on any atom is 0.185 e. The third-order valence-corrected chi connectivity index (χ3v) is 4.64. The number of ketones is 1. The van der Waals surface area contributed by atoms with Crippen LogP contribution in [0.5, 0.6) is 11.5 Å². The largest absolute Gasteiger partial charge is 0.507 e. The van der Waals surface area contributed by atoms with Gasteiger partial charge in [-0.1, -0.05) is 31.2 Å². The molecule has 4 nitrogen and oxygen atoms in total. The van der Waals surface area contributed by atoms with Gasteiger partial charge in [0.05, 0.1) is 12.2 Å². The molecule has 30 heavy (non-hydrogen) atoms. The second kappa shape index (κ2) is 11.7. The lowest BCUT2D eigenvalue weighted by Gasteiger charge is -2.17. The van der Waals surface area contributed by atoms with Crippen LogP contribution in [0.15, 0.2) is 60.7 Å². The quantitative estimate of drug-likeness (QED) is 0.223. The van der Waals surface area contributed by atoms with E-state index in [1.807, 2.05) is 45.1 Å². The number of aromatic hydroxyl groups is 1. The lowest BCUT2D eigenvalue weighted by Crippen LogP contribution is -2.03. The minimum Gasteiger partial charge on any atom is -0.507 e. The number of phenols is 1. The summed E-state index contributed by atoms with van der Waals surface area (Å²) in [6.07, 6.45) is 13.2. The predicted molar refractivity (Wildman–Crippen MR) is 125 cm³/mol. The second-order valence-electron chi connectivity index (χ2n) is 7.00. The molecule has 0 atom stereocenters. The molecule has 2 rings (SSSR count). The summed E-state index contributed by atoms with van der Waals surface area (Å²) in [6.45, 7) is 6.48. The highest BCUT2D eigenvalue weighted by atomic mass is 16.5. The third kappa shape index (κ3) is 6.11. The molecular formula is C26H31NO3. The normalized spacial score (nSPS) is 11.7. The Morgan fingerprint density at radius 2 is 1.70 bits per heavy atom. The molecule has 0 aliphatic rings. The summed E-state index contributed by atoms with van der Waals surface area (Å²) in [5.74, 6) is 0.604. The summed E-state index contributed by atoms with van der Waals surface area (Å²) < 4.78 is 6.02. The van der Waals surface area contributed by atoms with E-state index in [9.17, 15) is 9.90 Å². The summed E-state index contributed by atoms with van der Waals surface area (Å²) >= 11 is 0. The lowest BCUT2D eigenvalue weighted by atomic mass is 9.97. The van der Waals surface area contributed by atoms with E-state index >= 15 is 0 Å². The molecule has 0 aliphatic heterocycles. The van der Waals surface area contributed by atoms with Crippen molar-refractivity contribution >= 4 is 17.5 Å². The van der Waals surface area contributed by atoms with Crippen LogP contribution in [0.2, 0.25) is 0 Å². The number of hydrogen-bond donors (Lipinski definition) is 2. The topological polar surface area (TPSA) is 72.5 Å². The molecule has 0 saturated carbocycles. The van der Waals surface area contributed by atoms with Gasteiger partial charge in [0.2, 0.25) is 0 Å². The standard InChI is InChI=1S/C26H31NO3/c1-4-7-9-20-18-21(10-8-5-2)26(30-17-6-3)23(25(20)29)15-16-24(28)19-11-13-22(27)14-12-19/h4-5,7-8,11-16,18,29H,6,9-10,17,27H2,1-3H3. The van der Waals surface area contributed by atoms with E-state index in [4.69, 9.17) is 10.5 Å². The maximum atomic E-state index is 12.6. The van der Waals surface area contributed by atoms with Crippen molar-refractivity contribution in [3.05, 3.63) is 83.0 Å². The number of benzene rings is 2. The maximum absolute atomic E-state index is 12.6. The summed E-state index contributed by atoms with van der Waals surface area (Å²) in [4.78, 5) is 12.6. The molecule has 2 aromatic carbocycles. The number of ether oxygens (including phenoxy) is 1. The van der Waals surface area contributed by atoms with Gasteiger partial charge >= 0.3 is 0 Å². The Labute approximate surface area is 179 Å². The summed E-state index contributed by atoms with van der Waals surface area (Å²) in [5, 5.41) is 11.0. The van der Waals surface area contributed by atoms with Crippen molar-refractivity contribution in [2.45, 2.75) is 40.0 Å². The van der Waals surface area contributed by atoms with Crippen molar-refractivity contribution in [3.8, 4) is 11.5 Å². The Morgan fingerprint density at radius 3 is 2.30 bits per heavy atom. The molecule has 3 N–H and O–H groups in total. The SMILES string of the molecule is CC=CCc1cc(CC=CC)c(OCCC)c(C=CC(=O)c2ccc(N)cc2)c1O. The molecule has 0 amide bonds. The minimum absolute atomic E-state index is 0.143. The van der Waals surface area contributed by atoms with Crippen molar-refractivity contribution in [1.29, 1.82) is 0 Å². The fourth-order valence-electron chi connectivity index (χ4n) is 3.03. The molecular weight excluding hydrogens is 374 g/mol. The molecule has 0 radical (unpaired) electrons. The fourth-order valence-corrected chi connectivity index (χ4v) is 3.03. The molecule has 0 fully saturated rings. The van der Waals surface area contributed by atoms with Gasteiger partial charge in [0.25, 0.3) is 0 Å². The van der Waals surface area contributed by atoms with Crippen molar-refractivity contribution in [2.24, 2.45) is 0 Å². The zero-order valence-electron chi connectivity index (χ0n) is 18.0. The Bertz CT molecular complexity index is 938. The number of nitrogen functional groups attached to an aromatic ring is 1. The second-order valence-corrected chi connectivity index (χ2v) is 7.00. The van der Waals surface area contributed by atoms with Crippen LogP contribution < -0.4 is 10.5 Å². The highest BCUT2D eigenvalue weighted by Crippen LogP contribution is 2.37. The number of anilines is 1. The van der Waals surface area contributed by atoms with Crippen LogP contribution in [-0.2, 0) is 12.8 Å². The van der Waals surface area contributed by atoms with Gasteiger partial charge in [-0.25, -0.2) is 0 Å². The van der Waals surface area contributed by atoms with Crippen LogP contribution in [0.3, 0.4) is 0 Å². The van der Waals surface area contributed by atoms with Crippen molar-refractivity contribution in [2.75, 3.05) is 12.3 Å². The zero-order chi connectivity index (χ0) is 21.9. The molecule has 158 valence electrons. The highest BCUT2D eigenvalue weighted by molar-refractivity contribution is 6.07. The van der Waals surface area contributed by atoms with Crippen LogP contribution in [0, 0.1) is 0 Å². The van der Waals surface area contributed by atoms with Gasteiger partial charge in [0.1, 0.15) is 11.5 Å². The Kier molecular flexibility index (Phi) is 8.95. The van der Waals surface area contributed by atoms with E-state index in [0.717, 1.165) is 17.5 Å². The molecule has 0 heterocycles. The molecule has 0 aromatic heterocycles. The summed E-state index contributed by atoms with van der Waals surface area (Å²) in [7, 11) is 0. The molecule has 0 saturated heterocycles. The summed E-state index contributed by atoms with van der Waals surface area (Å²) in [5.41, 5.74) is 9.17. The van der Waals surface area contributed by atoms with E-state index in [2.05, 4.69) is 6.08 Å². The van der Waals surface area contributed by atoms with Gasteiger partial charge in [-0.15, -0.1) is 0 Å². The smallest absolute Gasteiger partial charge is 0.185 e. The first-order valence-corrected chi connectivity index (χ1v) is 10.3. The number of carbonyl (C=O) groups excluding carboxylic acids is 1. The van der Waals surface area contributed by atoms with Crippen LogP contribution in [-0.4, -0.2) is 17.5 Å². The van der Waals surface area contributed by atoms with Crippen LogP contribution in [0.4, 0.5) is 5.69 Å². The highest BCUT2D eigenvalue weighted by Gasteiger charge is 2.17. The minimum atomic E-state index is -0.162. The average Bonchev–Trinajstić information content (AvgIpc) is 2.75. The number of rotatable bonds is 10. The number of carbonyl (C=O) groups is 1. The van der Waals surface area contributed by atoms with Gasteiger partial charge in [0, 0.05) is 11.3 Å². The third-order valence-electron chi connectivity index (χ3n) is 4.64. The van der Waals surface area contributed by atoms with Crippen LogP contribution in [0.1, 0.15) is 54.2 Å². The van der Waals surface area contributed by atoms with Gasteiger partial charge in [-0.2, -0.15) is 0 Å². The van der Waals surface area contributed by atoms with Gasteiger partial charge < -0.3 is 15.6 Å². The van der Waals surface area contributed by atoms with Gasteiger partial charge in [0.15, 0.2) is 5.78 Å². The molecule has 0 spiro atoms. The summed E-state index contributed by atoms with van der Waals surface area (Å²) in [6, 6.07) is 8.76. The monoisotopic (exact) mass is 405 g/mol. The fraction of sp³-hybridized carbons (Fsp3) is 0.269. The van der Waals surface area contributed by atoms with Gasteiger partial charge in [-0.3, -0.25) is 4.79 Å². The number of allylic oxidation sites excluding steroid dienone is 5. The molecule has 4 heteroatoms. The van der Waals surface area contributed by atoms with Crippen molar-refractivity contribution in [1.82, 2.24) is 0 Å². The Balaban J connectivity index is 2.53. The first kappa shape index (κ1) is 23.0. The van der Waals surface area contributed by atoms with E-state index in [1.54, 1.807) is 30.3 Å². The van der Waals surface area contributed by atoms with Crippen molar-refractivity contribution < 1.29 is 14.6 Å². The van der Waals surface area contributed by atoms with E-state index < -0.39 is 0 Å². The Morgan fingerprint density at radius 1 is 1.07 bits per heavy atom. The average molecular weight is 406 g/mol. The molecule has 2 aromatic rings. The Hall–Kier alpha value is -3.27. The lowest BCUT2D eigenvalue weighted by molar-refractivity contribution is 0.104. The van der Waals surface area contributed by atoms with Crippen molar-refractivity contribution in [3.63, 3.8) is 0 Å². The molecule has 0 bridgehead atoms. The predicted octanol–water partition coefficient (Wildman–Crippen LogP) is 5.90. The first-order chi connectivity index (χ1) is 14.5. The van der Waals surface area contributed by atoms with E-state index in [-0.39, 0.29) is 11.5 Å². The van der Waals surface area contributed by atoms with Gasteiger partial charge in [-0.05, 0) is 86.7 Å².